The molecule has 1 atom stereocenters. The summed E-state index contributed by atoms with van der Waals surface area (Å²) in [6.45, 7) is 5.89. The van der Waals surface area contributed by atoms with E-state index in [-0.39, 0.29) is 5.41 Å². The van der Waals surface area contributed by atoms with E-state index in [2.05, 4.69) is 5.10 Å². The highest BCUT2D eigenvalue weighted by Crippen LogP contribution is 2.64. The van der Waals surface area contributed by atoms with Crippen LogP contribution in [-0.2, 0) is 17.3 Å². The Hall–Kier alpha value is -1.32. The molecule has 1 heterocycles. The quantitative estimate of drug-likeness (QED) is 0.801. The van der Waals surface area contributed by atoms with Crippen LogP contribution in [0.1, 0.15) is 31.7 Å². The van der Waals surface area contributed by atoms with Crippen LogP contribution in [0.3, 0.4) is 0 Å². The monoisotopic (exact) mass is 208 g/mol. The van der Waals surface area contributed by atoms with Crippen molar-refractivity contribution in [2.45, 2.75) is 32.6 Å². The molecule has 1 unspecified atom stereocenters. The molecule has 15 heavy (non-hydrogen) atoms. The number of aliphatic carboxylic acids is 1. The van der Waals surface area contributed by atoms with Crippen LogP contribution in [0.15, 0.2) is 6.07 Å². The first-order valence-electron chi connectivity index (χ1n) is 5.06. The minimum atomic E-state index is -0.765. The van der Waals surface area contributed by atoms with Crippen LogP contribution in [0.5, 0.6) is 0 Å². The lowest BCUT2D eigenvalue weighted by Crippen LogP contribution is -2.26. The smallest absolute Gasteiger partial charge is 0.316 e. The first-order chi connectivity index (χ1) is 6.81. The van der Waals surface area contributed by atoms with Gasteiger partial charge in [0.1, 0.15) is 5.41 Å². The van der Waals surface area contributed by atoms with E-state index in [9.17, 15) is 9.90 Å². The van der Waals surface area contributed by atoms with Gasteiger partial charge in [-0.15, -0.1) is 0 Å². The molecule has 1 aliphatic rings. The average Bonchev–Trinajstić information content (AvgIpc) is 2.54. The van der Waals surface area contributed by atoms with E-state index < -0.39 is 11.4 Å². The van der Waals surface area contributed by atoms with Crippen molar-refractivity contribution in [3.05, 3.63) is 17.5 Å². The number of rotatable bonds is 2. The van der Waals surface area contributed by atoms with Crippen molar-refractivity contribution in [2.75, 3.05) is 0 Å². The lowest BCUT2D eigenvalue weighted by molar-refractivity contribution is -0.141. The fourth-order valence-electron chi connectivity index (χ4n) is 2.30. The Morgan fingerprint density at radius 1 is 1.60 bits per heavy atom. The van der Waals surface area contributed by atoms with Crippen LogP contribution in [0.25, 0.3) is 0 Å². The van der Waals surface area contributed by atoms with Gasteiger partial charge in [0.15, 0.2) is 0 Å². The second-order valence-electron chi connectivity index (χ2n) is 5.07. The van der Waals surface area contributed by atoms with Crippen molar-refractivity contribution >= 4 is 5.97 Å². The summed E-state index contributed by atoms with van der Waals surface area (Å²) in [6.07, 6.45) is 0.672. The number of nitrogens with zero attached hydrogens (tertiary/aromatic N) is 2. The van der Waals surface area contributed by atoms with Crippen LogP contribution >= 0.6 is 0 Å². The first-order valence-corrected chi connectivity index (χ1v) is 5.06. The number of carboxylic acid groups (broad SMARTS) is 1. The largest absolute Gasteiger partial charge is 0.481 e. The SMILES string of the molecule is Cc1cc(C2(C(=O)O)CC2(C)C)nn1C. The molecule has 0 aliphatic heterocycles. The van der Waals surface area contributed by atoms with Crippen LogP contribution in [0, 0.1) is 12.3 Å². The van der Waals surface area contributed by atoms with E-state index >= 15 is 0 Å². The maximum atomic E-state index is 11.4. The maximum Gasteiger partial charge on any atom is 0.316 e. The van der Waals surface area contributed by atoms with E-state index in [0.29, 0.717) is 12.1 Å². The van der Waals surface area contributed by atoms with Crippen LogP contribution in [0.2, 0.25) is 0 Å². The number of aryl methyl sites for hydroxylation is 2. The van der Waals surface area contributed by atoms with E-state index in [4.69, 9.17) is 0 Å². The fourth-order valence-corrected chi connectivity index (χ4v) is 2.30. The molecule has 82 valence electrons. The normalized spacial score (nSPS) is 27.7. The van der Waals surface area contributed by atoms with E-state index in [0.717, 1.165) is 5.69 Å². The zero-order chi connectivity index (χ0) is 11.4. The highest BCUT2D eigenvalue weighted by Gasteiger charge is 2.69. The molecule has 4 heteroatoms. The lowest BCUT2D eigenvalue weighted by atomic mass is 9.92. The van der Waals surface area contributed by atoms with Gasteiger partial charge in [0.05, 0.1) is 5.69 Å². The van der Waals surface area contributed by atoms with Gasteiger partial charge in [-0.25, -0.2) is 0 Å². The minimum absolute atomic E-state index is 0.181. The first kappa shape index (κ1) is 10.2. The Morgan fingerprint density at radius 3 is 2.40 bits per heavy atom. The number of carboxylic acids is 1. The molecule has 1 aromatic rings. The van der Waals surface area contributed by atoms with Gasteiger partial charge in [-0.05, 0) is 24.8 Å². The van der Waals surface area contributed by atoms with Crippen LogP contribution in [0.4, 0.5) is 0 Å². The minimum Gasteiger partial charge on any atom is -0.481 e. The van der Waals surface area contributed by atoms with Crippen molar-refractivity contribution in [3.8, 4) is 0 Å². The van der Waals surface area contributed by atoms with Crippen LogP contribution < -0.4 is 0 Å². The molecule has 1 fully saturated rings. The van der Waals surface area contributed by atoms with Crippen molar-refractivity contribution < 1.29 is 9.90 Å². The highest BCUT2D eigenvalue weighted by atomic mass is 16.4. The molecule has 1 aliphatic carbocycles. The molecule has 0 amide bonds. The molecule has 0 spiro atoms. The van der Waals surface area contributed by atoms with Crippen LogP contribution in [-0.4, -0.2) is 20.9 Å². The van der Waals surface area contributed by atoms with Crippen molar-refractivity contribution in [1.29, 1.82) is 0 Å². The second-order valence-corrected chi connectivity index (χ2v) is 5.07. The summed E-state index contributed by atoms with van der Waals surface area (Å²) in [7, 11) is 1.84. The van der Waals surface area contributed by atoms with Crippen molar-refractivity contribution in [3.63, 3.8) is 0 Å². The molecule has 0 saturated heterocycles. The number of aromatic nitrogens is 2. The van der Waals surface area contributed by atoms with E-state index in [1.54, 1.807) is 4.68 Å². The summed E-state index contributed by atoms with van der Waals surface area (Å²) in [5.41, 5.74) is 0.742. The van der Waals surface area contributed by atoms with Crippen molar-refractivity contribution in [1.82, 2.24) is 9.78 Å². The van der Waals surface area contributed by atoms with Gasteiger partial charge in [-0.3, -0.25) is 9.48 Å². The Kier molecular flexibility index (Phi) is 1.78. The molecule has 0 aromatic carbocycles. The van der Waals surface area contributed by atoms with Crippen molar-refractivity contribution in [2.24, 2.45) is 12.5 Å². The fraction of sp³-hybridized carbons (Fsp3) is 0.636. The predicted octanol–water partition coefficient (Wildman–Crippen LogP) is 1.48. The van der Waals surface area contributed by atoms with E-state index in [1.807, 2.05) is 33.9 Å². The Labute approximate surface area is 88.9 Å². The molecular weight excluding hydrogens is 192 g/mol. The van der Waals surface area contributed by atoms with E-state index in [1.165, 1.54) is 0 Å². The third-order valence-electron chi connectivity index (χ3n) is 3.65. The second kappa shape index (κ2) is 2.62. The number of hydrogen-bond acceptors (Lipinski definition) is 2. The summed E-state index contributed by atoms with van der Waals surface area (Å²) in [6, 6.07) is 1.88. The Bertz CT molecular complexity index is 414. The molecule has 4 nitrogen and oxygen atoms in total. The summed E-state index contributed by atoms with van der Waals surface area (Å²) in [5, 5.41) is 13.6. The third-order valence-corrected chi connectivity index (χ3v) is 3.65. The Balaban J connectivity index is 2.50. The molecule has 0 radical (unpaired) electrons. The standard InChI is InChI=1S/C11H16N2O2/c1-7-5-8(12-13(7)4)11(9(14)15)6-10(11,2)3/h5H,6H2,1-4H3,(H,14,15). The topological polar surface area (TPSA) is 55.1 Å². The summed E-state index contributed by atoms with van der Waals surface area (Å²) >= 11 is 0. The number of carbonyl (C=O) groups is 1. The molecule has 0 bridgehead atoms. The molecular formula is C11H16N2O2. The van der Waals surface area contributed by atoms with Gasteiger partial charge in [-0.1, -0.05) is 13.8 Å². The van der Waals surface area contributed by atoms with Gasteiger partial charge in [-0.2, -0.15) is 5.10 Å². The summed E-state index contributed by atoms with van der Waals surface area (Å²) in [4.78, 5) is 11.4. The lowest BCUT2D eigenvalue weighted by Gasteiger charge is -2.12. The van der Waals surface area contributed by atoms with Gasteiger partial charge >= 0.3 is 5.97 Å². The van der Waals surface area contributed by atoms with Gasteiger partial charge in [0.25, 0.3) is 0 Å². The average molecular weight is 208 g/mol. The zero-order valence-electron chi connectivity index (χ0n) is 9.53. The van der Waals surface area contributed by atoms with Gasteiger partial charge < -0.3 is 5.11 Å². The summed E-state index contributed by atoms with van der Waals surface area (Å²) in [5.74, 6) is -0.759. The third kappa shape index (κ3) is 1.14. The maximum absolute atomic E-state index is 11.4. The molecule has 1 aromatic heterocycles. The molecule has 1 N–H and O–H groups in total. The van der Waals surface area contributed by atoms with Gasteiger partial charge in [0, 0.05) is 12.7 Å². The van der Waals surface area contributed by atoms with Gasteiger partial charge in [0.2, 0.25) is 0 Å². The predicted molar refractivity (Wildman–Crippen MR) is 55.7 cm³/mol. The highest BCUT2D eigenvalue weighted by molar-refractivity contribution is 5.86. The molecule has 1 saturated carbocycles. The number of hydrogen-bond donors (Lipinski definition) is 1. The Morgan fingerprint density at radius 2 is 2.13 bits per heavy atom. The molecule has 2 rings (SSSR count). The zero-order valence-corrected chi connectivity index (χ0v) is 9.53. The summed E-state index contributed by atoms with van der Waals surface area (Å²) < 4.78 is 1.73.